The molecule has 2 nitrogen and oxygen atoms in total. The van der Waals surface area contributed by atoms with Gasteiger partial charge in [0.05, 0.1) is 11.7 Å². The molecule has 0 spiro atoms. The molecular formula is C14H12NOS. The van der Waals surface area contributed by atoms with Gasteiger partial charge in [0.1, 0.15) is 6.61 Å². The maximum Gasteiger partial charge on any atom is 0.119 e. The topological polar surface area (TPSA) is 14.2 Å². The lowest BCUT2D eigenvalue weighted by Gasteiger charge is -2.07. The van der Waals surface area contributed by atoms with E-state index in [1.165, 1.54) is 4.88 Å². The number of benzene rings is 1. The van der Waals surface area contributed by atoms with Crippen LogP contribution in [0.1, 0.15) is 4.88 Å². The summed E-state index contributed by atoms with van der Waals surface area (Å²) < 4.78 is 1.79. The summed E-state index contributed by atoms with van der Waals surface area (Å²) >= 11 is 1.77. The molecule has 1 aromatic carbocycles. The van der Waals surface area contributed by atoms with E-state index in [1.54, 1.807) is 16.1 Å². The largest absolute Gasteiger partial charge is 0.413 e. The number of fused-ring (bicyclic) bond motifs is 1. The van der Waals surface area contributed by atoms with Gasteiger partial charge in [0, 0.05) is 22.8 Å². The molecule has 0 saturated heterocycles. The normalized spacial score (nSPS) is 10.8. The zero-order chi connectivity index (χ0) is 11.5. The van der Waals surface area contributed by atoms with Crippen molar-refractivity contribution in [1.29, 1.82) is 0 Å². The second-order valence-corrected chi connectivity index (χ2v) is 4.81. The number of hydrogen-bond acceptors (Lipinski definition) is 2. The third-order valence-electron chi connectivity index (χ3n) is 2.64. The smallest absolute Gasteiger partial charge is 0.119 e. The first-order valence-electron chi connectivity index (χ1n) is 5.57. The number of hydrogen-bond donors (Lipinski definition) is 0. The van der Waals surface area contributed by atoms with Crippen molar-refractivity contribution in [3.63, 3.8) is 0 Å². The van der Waals surface area contributed by atoms with E-state index < -0.39 is 0 Å². The van der Waals surface area contributed by atoms with Crippen LogP contribution in [0.5, 0.6) is 0 Å². The van der Waals surface area contributed by atoms with Gasteiger partial charge in [0.15, 0.2) is 0 Å². The highest BCUT2D eigenvalue weighted by atomic mass is 32.1. The highest BCUT2D eigenvalue weighted by Crippen LogP contribution is 2.13. The van der Waals surface area contributed by atoms with Crippen LogP contribution in [0, 0.1) is 6.07 Å². The fourth-order valence-electron chi connectivity index (χ4n) is 1.79. The lowest BCUT2D eigenvalue weighted by Crippen LogP contribution is -2.12. The molecule has 85 valence electrons. The Labute approximate surface area is 104 Å². The molecule has 0 aliphatic heterocycles. The summed E-state index contributed by atoms with van der Waals surface area (Å²) in [6, 6.07) is 15.5. The average molecular weight is 242 g/mol. The van der Waals surface area contributed by atoms with Gasteiger partial charge < -0.3 is 4.84 Å². The van der Waals surface area contributed by atoms with E-state index in [0.717, 1.165) is 17.3 Å². The predicted octanol–water partition coefficient (Wildman–Crippen LogP) is 3.17. The molecule has 3 aromatic rings. The number of thiophene rings is 1. The van der Waals surface area contributed by atoms with Gasteiger partial charge in [0.25, 0.3) is 0 Å². The molecule has 0 aliphatic carbocycles. The van der Waals surface area contributed by atoms with E-state index >= 15 is 0 Å². The first-order chi connectivity index (χ1) is 8.43. The summed E-state index contributed by atoms with van der Waals surface area (Å²) in [7, 11) is 0. The number of rotatable bonds is 4. The van der Waals surface area contributed by atoms with Crippen molar-refractivity contribution in [2.75, 3.05) is 6.61 Å². The molecule has 0 fully saturated rings. The number of aromatic nitrogens is 1. The van der Waals surface area contributed by atoms with Gasteiger partial charge in [-0.2, -0.15) is 4.73 Å². The van der Waals surface area contributed by atoms with Crippen LogP contribution in [0.2, 0.25) is 0 Å². The minimum atomic E-state index is 0.688. The SMILES string of the molecule is [c]1cn(OCCc2cccs2)c2ccccc12. The molecule has 0 aliphatic rings. The van der Waals surface area contributed by atoms with Gasteiger partial charge in [0.2, 0.25) is 0 Å². The van der Waals surface area contributed by atoms with Crippen LogP contribution in [0.25, 0.3) is 10.9 Å². The summed E-state index contributed by atoms with van der Waals surface area (Å²) in [5.41, 5.74) is 1.07. The van der Waals surface area contributed by atoms with Gasteiger partial charge >= 0.3 is 0 Å². The molecule has 2 heterocycles. The molecule has 0 unspecified atom stereocenters. The van der Waals surface area contributed by atoms with Crippen LogP contribution in [0.15, 0.2) is 48.0 Å². The molecule has 2 aromatic heterocycles. The number of para-hydroxylation sites is 1. The lowest BCUT2D eigenvalue weighted by molar-refractivity contribution is 0.123. The fourth-order valence-corrected chi connectivity index (χ4v) is 2.48. The van der Waals surface area contributed by atoms with Crippen LogP contribution in [-0.2, 0) is 6.42 Å². The van der Waals surface area contributed by atoms with E-state index in [1.807, 2.05) is 30.5 Å². The molecule has 0 N–H and O–H groups in total. The number of nitrogens with zero attached hydrogens (tertiary/aromatic N) is 1. The Morgan fingerprint density at radius 3 is 3.00 bits per heavy atom. The van der Waals surface area contributed by atoms with Crippen LogP contribution >= 0.6 is 11.3 Å². The van der Waals surface area contributed by atoms with E-state index in [4.69, 9.17) is 4.84 Å². The Morgan fingerprint density at radius 1 is 1.18 bits per heavy atom. The Bertz CT molecular complexity index is 598. The van der Waals surface area contributed by atoms with Gasteiger partial charge in [-0.05, 0) is 17.5 Å². The third-order valence-corrected chi connectivity index (χ3v) is 3.57. The summed E-state index contributed by atoms with van der Waals surface area (Å²) in [5, 5.41) is 3.18. The van der Waals surface area contributed by atoms with Gasteiger partial charge in [-0.15, -0.1) is 11.3 Å². The standard InChI is InChI=1S/C14H12NOS/c1-2-6-14-12(4-1)7-9-15(14)16-10-8-13-5-3-11-17-13/h1-6,9,11H,8,10H2. The average Bonchev–Trinajstić information content (AvgIpc) is 2.99. The Morgan fingerprint density at radius 2 is 2.12 bits per heavy atom. The van der Waals surface area contributed by atoms with Gasteiger partial charge in [-0.25, -0.2) is 0 Å². The van der Waals surface area contributed by atoms with Gasteiger partial charge in [-0.3, -0.25) is 0 Å². The van der Waals surface area contributed by atoms with E-state index in [2.05, 4.69) is 23.6 Å². The fraction of sp³-hybridized carbons (Fsp3) is 0.143. The van der Waals surface area contributed by atoms with Crippen molar-refractivity contribution in [2.24, 2.45) is 0 Å². The first-order valence-corrected chi connectivity index (χ1v) is 6.45. The van der Waals surface area contributed by atoms with E-state index in [-0.39, 0.29) is 0 Å². The summed E-state index contributed by atoms with van der Waals surface area (Å²) in [5.74, 6) is 0. The molecular weight excluding hydrogens is 230 g/mol. The lowest BCUT2D eigenvalue weighted by atomic mass is 10.3. The zero-order valence-corrected chi connectivity index (χ0v) is 10.1. The zero-order valence-electron chi connectivity index (χ0n) is 9.30. The van der Waals surface area contributed by atoms with Crippen molar-refractivity contribution in [3.05, 3.63) is 58.9 Å². The summed E-state index contributed by atoms with van der Waals surface area (Å²) in [6.45, 7) is 0.688. The van der Waals surface area contributed by atoms with E-state index in [9.17, 15) is 0 Å². The Hall–Kier alpha value is -1.74. The molecule has 0 saturated carbocycles. The molecule has 0 amide bonds. The van der Waals surface area contributed by atoms with E-state index in [0.29, 0.717) is 6.61 Å². The second-order valence-electron chi connectivity index (χ2n) is 3.78. The monoisotopic (exact) mass is 242 g/mol. The molecule has 1 radical (unpaired) electrons. The van der Waals surface area contributed by atoms with Crippen LogP contribution in [0.4, 0.5) is 0 Å². The maximum atomic E-state index is 5.72. The van der Waals surface area contributed by atoms with Crippen molar-refractivity contribution in [1.82, 2.24) is 4.73 Å². The quantitative estimate of drug-likeness (QED) is 0.685. The first kappa shape index (κ1) is 10.4. The minimum Gasteiger partial charge on any atom is -0.413 e. The minimum absolute atomic E-state index is 0.688. The summed E-state index contributed by atoms with van der Waals surface area (Å²) in [4.78, 5) is 7.08. The molecule has 17 heavy (non-hydrogen) atoms. The summed E-state index contributed by atoms with van der Waals surface area (Å²) in [6.07, 6.45) is 2.79. The van der Waals surface area contributed by atoms with Crippen molar-refractivity contribution < 1.29 is 4.84 Å². The van der Waals surface area contributed by atoms with Crippen molar-refractivity contribution in [3.8, 4) is 0 Å². The second kappa shape index (κ2) is 4.63. The highest BCUT2D eigenvalue weighted by molar-refractivity contribution is 7.09. The van der Waals surface area contributed by atoms with Crippen LogP contribution in [0.3, 0.4) is 0 Å². The van der Waals surface area contributed by atoms with Crippen molar-refractivity contribution >= 4 is 22.2 Å². The highest BCUT2D eigenvalue weighted by Gasteiger charge is 2.01. The Balaban J connectivity index is 1.69. The van der Waals surface area contributed by atoms with Gasteiger partial charge in [-0.1, -0.05) is 24.3 Å². The van der Waals surface area contributed by atoms with Crippen LogP contribution in [-0.4, -0.2) is 11.3 Å². The molecule has 3 heteroatoms. The predicted molar refractivity (Wildman–Crippen MR) is 70.2 cm³/mol. The van der Waals surface area contributed by atoms with Crippen LogP contribution < -0.4 is 4.84 Å². The molecule has 3 rings (SSSR count). The maximum absolute atomic E-state index is 5.72. The van der Waals surface area contributed by atoms with Crippen molar-refractivity contribution in [2.45, 2.75) is 6.42 Å². The Kier molecular flexibility index (Phi) is 2.84. The molecule has 0 bridgehead atoms. The molecule has 0 atom stereocenters. The third kappa shape index (κ3) is 2.19.